The third-order valence-electron chi connectivity index (χ3n) is 7.32. The summed E-state index contributed by atoms with van der Waals surface area (Å²) < 4.78 is 0. The standard InChI is InChI=1S/C23H25N5O/c1-14-2-4-15(5-3-14)18-13-28(21-16-8-10-27(11-9-16)22(18)21)23(29)17-6-7-19-20(12-17)25-26-24-19/h2-7,12,16,18,21-22H,8-11,13H2,1H3,(H,24,25,26). The van der Waals surface area contributed by atoms with Crippen molar-refractivity contribution in [2.24, 2.45) is 5.92 Å². The number of nitrogens with one attached hydrogen (secondary N) is 1. The number of fused-ring (bicyclic) bond motifs is 3. The van der Waals surface area contributed by atoms with E-state index < -0.39 is 0 Å². The fourth-order valence-corrected chi connectivity index (χ4v) is 5.90. The molecule has 2 aromatic carbocycles. The first-order valence-electron chi connectivity index (χ1n) is 10.6. The molecule has 1 N–H and O–H groups in total. The normalized spacial score (nSPS) is 30.7. The van der Waals surface area contributed by atoms with Crippen LogP contribution in [-0.2, 0) is 0 Å². The van der Waals surface area contributed by atoms with Crippen molar-refractivity contribution in [2.45, 2.75) is 37.8 Å². The van der Waals surface area contributed by atoms with Crippen LogP contribution in [0, 0.1) is 12.8 Å². The molecule has 148 valence electrons. The average Bonchev–Trinajstić information content (AvgIpc) is 3.40. The highest BCUT2D eigenvalue weighted by Crippen LogP contribution is 2.47. The highest BCUT2D eigenvalue weighted by molar-refractivity contribution is 5.97. The topological polar surface area (TPSA) is 65.1 Å². The molecule has 3 atom stereocenters. The molecule has 3 unspecified atom stereocenters. The van der Waals surface area contributed by atoms with Crippen LogP contribution in [0.5, 0.6) is 0 Å². The maximum atomic E-state index is 13.6. The molecule has 5 heterocycles. The van der Waals surface area contributed by atoms with Gasteiger partial charge in [-0.3, -0.25) is 9.69 Å². The number of carbonyl (C=O) groups is 1. The SMILES string of the molecule is Cc1ccc(C2CN(C(=O)c3ccc4n[nH]nc4c3)C3C4CCN(CC4)C23)cc1. The van der Waals surface area contributed by atoms with Gasteiger partial charge in [-0.05, 0) is 62.5 Å². The van der Waals surface area contributed by atoms with Crippen molar-refractivity contribution in [3.8, 4) is 0 Å². The van der Waals surface area contributed by atoms with Crippen LogP contribution in [0.1, 0.15) is 40.2 Å². The molecule has 0 radical (unpaired) electrons. The number of likely N-dealkylation sites (tertiary alicyclic amines) is 1. The van der Waals surface area contributed by atoms with Crippen molar-refractivity contribution in [1.29, 1.82) is 0 Å². The van der Waals surface area contributed by atoms with Crippen molar-refractivity contribution in [3.63, 3.8) is 0 Å². The monoisotopic (exact) mass is 387 g/mol. The molecule has 3 aromatic rings. The van der Waals surface area contributed by atoms with E-state index in [1.165, 1.54) is 37.1 Å². The summed E-state index contributed by atoms with van der Waals surface area (Å²) in [6.07, 6.45) is 2.40. The summed E-state index contributed by atoms with van der Waals surface area (Å²) in [5.41, 5.74) is 4.89. The van der Waals surface area contributed by atoms with E-state index in [1.54, 1.807) is 0 Å². The average molecular weight is 387 g/mol. The molecule has 1 amide bonds. The minimum Gasteiger partial charge on any atom is -0.333 e. The lowest BCUT2D eigenvalue weighted by atomic mass is 9.75. The van der Waals surface area contributed by atoms with Gasteiger partial charge in [-0.2, -0.15) is 15.4 Å². The summed E-state index contributed by atoms with van der Waals surface area (Å²) >= 11 is 0. The van der Waals surface area contributed by atoms with Crippen LogP contribution in [0.2, 0.25) is 0 Å². The molecule has 7 rings (SSSR count). The van der Waals surface area contributed by atoms with Crippen molar-refractivity contribution in [1.82, 2.24) is 25.2 Å². The minimum atomic E-state index is 0.133. The molecule has 4 aliphatic rings. The van der Waals surface area contributed by atoms with E-state index in [0.717, 1.165) is 17.6 Å². The number of rotatable bonds is 2. The number of nitrogens with zero attached hydrogens (tertiary/aromatic N) is 4. The molecular formula is C23H25N5O. The fourth-order valence-electron chi connectivity index (χ4n) is 5.90. The highest BCUT2D eigenvalue weighted by Gasteiger charge is 2.54. The van der Waals surface area contributed by atoms with Crippen LogP contribution in [0.3, 0.4) is 0 Å². The van der Waals surface area contributed by atoms with Crippen molar-refractivity contribution in [2.75, 3.05) is 19.6 Å². The molecule has 4 saturated heterocycles. The molecule has 6 heteroatoms. The van der Waals surface area contributed by atoms with Crippen molar-refractivity contribution < 1.29 is 4.79 Å². The van der Waals surface area contributed by atoms with Crippen LogP contribution in [0.4, 0.5) is 0 Å². The van der Waals surface area contributed by atoms with Gasteiger partial charge < -0.3 is 4.90 Å². The third-order valence-corrected chi connectivity index (χ3v) is 7.32. The lowest BCUT2D eigenvalue weighted by molar-refractivity contribution is -0.00340. The van der Waals surface area contributed by atoms with E-state index in [1.807, 2.05) is 18.2 Å². The molecule has 6 nitrogen and oxygen atoms in total. The Morgan fingerprint density at radius 1 is 1.00 bits per heavy atom. The van der Waals surface area contributed by atoms with E-state index in [0.29, 0.717) is 29.5 Å². The Bertz CT molecular complexity index is 1070. The minimum absolute atomic E-state index is 0.133. The summed E-state index contributed by atoms with van der Waals surface area (Å²) in [4.78, 5) is 18.4. The van der Waals surface area contributed by atoms with Gasteiger partial charge in [-0.25, -0.2) is 0 Å². The number of carbonyl (C=O) groups excluding carboxylic acids is 1. The predicted octanol–water partition coefficient (Wildman–Crippen LogP) is 2.97. The van der Waals surface area contributed by atoms with Crippen LogP contribution < -0.4 is 0 Å². The van der Waals surface area contributed by atoms with Crippen LogP contribution in [0.25, 0.3) is 11.0 Å². The molecular weight excluding hydrogens is 362 g/mol. The first kappa shape index (κ1) is 17.2. The van der Waals surface area contributed by atoms with Gasteiger partial charge in [0.15, 0.2) is 0 Å². The van der Waals surface area contributed by atoms with Gasteiger partial charge in [-0.15, -0.1) is 0 Å². The summed E-state index contributed by atoms with van der Waals surface area (Å²) in [7, 11) is 0. The number of aryl methyl sites for hydroxylation is 1. The zero-order valence-electron chi connectivity index (χ0n) is 16.6. The smallest absolute Gasteiger partial charge is 0.254 e. The fraction of sp³-hybridized carbons (Fsp3) is 0.435. The summed E-state index contributed by atoms with van der Waals surface area (Å²) in [5, 5.41) is 10.9. The highest BCUT2D eigenvalue weighted by atomic mass is 16.2. The number of amides is 1. The van der Waals surface area contributed by atoms with Gasteiger partial charge >= 0.3 is 0 Å². The lowest BCUT2D eigenvalue weighted by Crippen LogP contribution is -2.60. The van der Waals surface area contributed by atoms with Crippen LogP contribution in [0.15, 0.2) is 42.5 Å². The Morgan fingerprint density at radius 3 is 2.55 bits per heavy atom. The number of H-pyrrole nitrogens is 1. The number of aromatic amines is 1. The summed E-state index contributed by atoms with van der Waals surface area (Å²) in [6, 6.07) is 15.3. The van der Waals surface area contributed by atoms with E-state index in [4.69, 9.17) is 0 Å². The Morgan fingerprint density at radius 2 is 1.76 bits per heavy atom. The first-order chi connectivity index (χ1) is 14.2. The maximum Gasteiger partial charge on any atom is 0.254 e. The lowest BCUT2D eigenvalue weighted by Gasteiger charge is -2.51. The Hall–Kier alpha value is -2.73. The second-order valence-electron chi connectivity index (χ2n) is 8.86. The number of aromatic nitrogens is 3. The van der Waals surface area contributed by atoms with Crippen molar-refractivity contribution in [3.05, 3.63) is 59.2 Å². The molecule has 29 heavy (non-hydrogen) atoms. The molecule has 0 spiro atoms. The second kappa shape index (κ2) is 6.39. The summed E-state index contributed by atoms with van der Waals surface area (Å²) in [6.45, 7) is 5.26. The van der Waals surface area contributed by atoms with Gasteiger partial charge in [0.1, 0.15) is 11.0 Å². The summed E-state index contributed by atoms with van der Waals surface area (Å²) in [5.74, 6) is 1.12. The molecule has 1 aromatic heterocycles. The Balaban J connectivity index is 1.38. The number of hydrogen-bond donors (Lipinski definition) is 1. The molecule has 2 bridgehead atoms. The van der Waals surface area contributed by atoms with E-state index in [9.17, 15) is 4.79 Å². The first-order valence-corrected chi connectivity index (χ1v) is 10.6. The zero-order valence-corrected chi connectivity index (χ0v) is 16.6. The van der Waals surface area contributed by atoms with E-state index >= 15 is 0 Å². The van der Waals surface area contributed by atoms with E-state index in [2.05, 4.69) is 56.4 Å². The third kappa shape index (κ3) is 2.62. The molecule has 0 aliphatic carbocycles. The molecule has 4 aliphatic heterocycles. The Kier molecular flexibility index (Phi) is 3.78. The Labute approximate surface area is 169 Å². The zero-order chi connectivity index (χ0) is 19.5. The largest absolute Gasteiger partial charge is 0.333 e. The van der Waals surface area contributed by atoms with Gasteiger partial charge in [0.05, 0.1) is 6.04 Å². The van der Waals surface area contributed by atoms with Gasteiger partial charge in [0.2, 0.25) is 0 Å². The van der Waals surface area contributed by atoms with E-state index in [-0.39, 0.29) is 5.91 Å². The maximum absolute atomic E-state index is 13.6. The number of benzene rings is 2. The van der Waals surface area contributed by atoms with Crippen LogP contribution >= 0.6 is 0 Å². The number of piperidine rings is 3. The number of hydrogen-bond acceptors (Lipinski definition) is 4. The quantitative estimate of drug-likeness (QED) is 0.734. The molecule has 4 fully saturated rings. The van der Waals surface area contributed by atoms with Gasteiger partial charge in [0.25, 0.3) is 5.91 Å². The van der Waals surface area contributed by atoms with Gasteiger partial charge in [-0.1, -0.05) is 29.8 Å². The second-order valence-corrected chi connectivity index (χ2v) is 8.86. The van der Waals surface area contributed by atoms with Crippen LogP contribution in [-0.4, -0.2) is 62.8 Å². The van der Waals surface area contributed by atoms with Crippen molar-refractivity contribution >= 4 is 16.9 Å². The predicted molar refractivity (Wildman–Crippen MR) is 111 cm³/mol. The molecule has 0 saturated carbocycles. The van der Waals surface area contributed by atoms with Gasteiger partial charge in [0, 0.05) is 24.1 Å².